The van der Waals surface area contributed by atoms with Crippen LogP contribution in [0.15, 0.2) is 23.7 Å². The van der Waals surface area contributed by atoms with E-state index in [1.54, 1.807) is 0 Å². The summed E-state index contributed by atoms with van der Waals surface area (Å²) in [6, 6.07) is 0. The minimum absolute atomic E-state index is 0.205. The van der Waals surface area contributed by atoms with E-state index >= 15 is 0 Å². The summed E-state index contributed by atoms with van der Waals surface area (Å²) in [4.78, 5) is 0. The lowest BCUT2D eigenvalue weighted by Crippen LogP contribution is -2.23. The van der Waals surface area contributed by atoms with Crippen LogP contribution < -0.4 is 0 Å². The summed E-state index contributed by atoms with van der Waals surface area (Å²) in [6.07, 6.45) is 6.56. The van der Waals surface area contributed by atoms with Crippen LogP contribution in [0.25, 0.3) is 0 Å². The first-order valence-electron chi connectivity index (χ1n) is 4.06. The Labute approximate surface area is 66.5 Å². The SMILES string of the molecule is CC1COC2=CCCC=C2O1. The maximum absolute atomic E-state index is 5.56. The fourth-order valence-electron chi connectivity index (χ4n) is 1.32. The van der Waals surface area contributed by atoms with Crippen LogP contribution >= 0.6 is 0 Å². The molecular weight excluding hydrogens is 140 g/mol. The first-order chi connectivity index (χ1) is 5.36. The standard InChI is InChI=1S/C9H12O2/c1-7-6-10-8-4-2-3-5-9(8)11-7/h4-5,7H,2-3,6H2,1H3. The number of rotatable bonds is 0. The number of allylic oxidation sites excluding steroid dienone is 2. The highest BCUT2D eigenvalue weighted by atomic mass is 16.6. The molecule has 0 aromatic carbocycles. The van der Waals surface area contributed by atoms with Crippen molar-refractivity contribution in [2.75, 3.05) is 6.61 Å². The maximum Gasteiger partial charge on any atom is 0.157 e. The van der Waals surface area contributed by atoms with Crippen molar-refractivity contribution < 1.29 is 9.47 Å². The van der Waals surface area contributed by atoms with E-state index in [-0.39, 0.29) is 6.10 Å². The molecule has 0 radical (unpaired) electrons. The Morgan fingerprint density at radius 1 is 1.27 bits per heavy atom. The van der Waals surface area contributed by atoms with Crippen LogP contribution in [0.1, 0.15) is 19.8 Å². The van der Waals surface area contributed by atoms with E-state index in [2.05, 4.69) is 12.2 Å². The lowest BCUT2D eigenvalue weighted by atomic mass is 10.1. The van der Waals surface area contributed by atoms with Crippen LogP contribution in [-0.4, -0.2) is 12.7 Å². The molecule has 2 heteroatoms. The van der Waals surface area contributed by atoms with E-state index in [9.17, 15) is 0 Å². The third-order valence-electron chi connectivity index (χ3n) is 1.87. The summed E-state index contributed by atoms with van der Waals surface area (Å²) in [7, 11) is 0. The Morgan fingerprint density at radius 2 is 2.00 bits per heavy atom. The fraction of sp³-hybridized carbons (Fsp3) is 0.556. The molecular formula is C9H12O2. The lowest BCUT2D eigenvalue weighted by Gasteiger charge is -2.27. The van der Waals surface area contributed by atoms with Gasteiger partial charge in [0.2, 0.25) is 0 Å². The molecule has 1 saturated heterocycles. The van der Waals surface area contributed by atoms with Crippen molar-refractivity contribution in [3.05, 3.63) is 23.7 Å². The van der Waals surface area contributed by atoms with Crippen molar-refractivity contribution in [3.63, 3.8) is 0 Å². The zero-order valence-electron chi connectivity index (χ0n) is 6.67. The highest BCUT2D eigenvalue weighted by Gasteiger charge is 2.20. The molecule has 0 spiro atoms. The molecule has 60 valence electrons. The number of fused-ring (bicyclic) bond motifs is 1. The second kappa shape index (κ2) is 2.61. The first kappa shape index (κ1) is 6.77. The van der Waals surface area contributed by atoms with Crippen LogP contribution in [0.4, 0.5) is 0 Å². The van der Waals surface area contributed by atoms with E-state index in [0.717, 1.165) is 24.4 Å². The van der Waals surface area contributed by atoms with Gasteiger partial charge in [-0.25, -0.2) is 0 Å². The van der Waals surface area contributed by atoms with Gasteiger partial charge in [0.1, 0.15) is 12.7 Å². The van der Waals surface area contributed by atoms with Gasteiger partial charge in [-0.2, -0.15) is 0 Å². The highest BCUT2D eigenvalue weighted by Crippen LogP contribution is 2.26. The van der Waals surface area contributed by atoms with Gasteiger partial charge in [-0.3, -0.25) is 0 Å². The second-order valence-corrected chi connectivity index (χ2v) is 2.95. The van der Waals surface area contributed by atoms with Gasteiger partial charge in [-0.15, -0.1) is 0 Å². The average molecular weight is 152 g/mol. The van der Waals surface area contributed by atoms with E-state index < -0.39 is 0 Å². The van der Waals surface area contributed by atoms with Crippen molar-refractivity contribution in [2.45, 2.75) is 25.9 Å². The lowest BCUT2D eigenvalue weighted by molar-refractivity contribution is 0.00135. The normalized spacial score (nSPS) is 29.0. The summed E-state index contributed by atoms with van der Waals surface area (Å²) >= 11 is 0. The Kier molecular flexibility index (Phi) is 1.60. The molecule has 11 heavy (non-hydrogen) atoms. The number of ether oxygens (including phenoxy) is 2. The Morgan fingerprint density at radius 3 is 2.82 bits per heavy atom. The molecule has 1 atom stereocenters. The molecule has 0 aromatic rings. The maximum atomic E-state index is 5.56. The summed E-state index contributed by atoms with van der Waals surface area (Å²) in [5.41, 5.74) is 0. The van der Waals surface area contributed by atoms with Crippen LogP contribution in [0.2, 0.25) is 0 Å². The van der Waals surface area contributed by atoms with E-state index in [1.807, 2.05) is 6.92 Å². The smallest absolute Gasteiger partial charge is 0.157 e. The van der Waals surface area contributed by atoms with Crippen molar-refractivity contribution in [1.82, 2.24) is 0 Å². The fourth-order valence-corrected chi connectivity index (χ4v) is 1.32. The van der Waals surface area contributed by atoms with Gasteiger partial charge in [0.25, 0.3) is 0 Å². The topological polar surface area (TPSA) is 18.5 Å². The predicted octanol–water partition coefficient (Wildman–Crippen LogP) is 1.98. The molecule has 1 fully saturated rings. The van der Waals surface area contributed by atoms with E-state index in [1.165, 1.54) is 0 Å². The zero-order valence-corrected chi connectivity index (χ0v) is 6.67. The van der Waals surface area contributed by atoms with Gasteiger partial charge in [0.05, 0.1) is 0 Å². The summed E-state index contributed by atoms with van der Waals surface area (Å²) in [5, 5.41) is 0. The van der Waals surface area contributed by atoms with Gasteiger partial charge in [0, 0.05) is 0 Å². The second-order valence-electron chi connectivity index (χ2n) is 2.95. The molecule has 2 aliphatic rings. The predicted molar refractivity (Wildman–Crippen MR) is 41.9 cm³/mol. The van der Waals surface area contributed by atoms with Crippen molar-refractivity contribution in [2.24, 2.45) is 0 Å². The molecule has 0 aromatic heterocycles. The van der Waals surface area contributed by atoms with Crippen molar-refractivity contribution >= 4 is 0 Å². The van der Waals surface area contributed by atoms with Gasteiger partial charge < -0.3 is 9.47 Å². The largest absolute Gasteiger partial charge is 0.486 e. The first-order valence-corrected chi connectivity index (χ1v) is 4.06. The van der Waals surface area contributed by atoms with Gasteiger partial charge >= 0.3 is 0 Å². The molecule has 1 heterocycles. The zero-order chi connectivity index (χ0) is 7.68. The molecule has 0 N–H and O–H groups in total. The summed E-state index contributed by atoms with van der Waals surface area (Å²) in [6.45, 7) is 2.70. The highest BCUT2D eigenvalue weighted by molar-refractivity contribution is 5.25. The van der Waals surface area contributed by atoms with Crippen LogP contribution in [0, 0.1) is 0 Å². The number of hydrogen-bond acceptors (Lipinski definition) is 2. The van der Waals surface area contributed by atoms with Gasteiger partial charge in [0.15, 0.2) is 11.5 Å². The molecule has 1 aliphatic heterocycles. The Bertz CT molecular complexity index is 216. The van der Waals surface area contributed by atoms with E-state index in [4.69, 9.17) is 9.47 Å². The third kappa shape index (κ3) is 1.25. The molecule has 1 aliphatic carbocycles. The van der Waals surface area contributed by atoms with Gasteiger partial charge in [-0.05, 0) is 31.9 Å². The third-order valence-corrected chi connectivity index (χ3v) is 1.87. The minimum atomic E-state index is 0.205. The molecule has 0 bridgehead atoms. The quantitative estimate of drug-likeness (QED) is 0.528. The molecule has 2 rings (SSSR count). The number of hydrogen-bond donors (Lipinski definition) is 0. The minimum Gasteiger partial charge on any atom is -0.486 e. The van der Waals surface area contributed by atoms with Crippen LogP contribution in [0.5, 0.6) is 0 Å². The monoisotopic (exact) mass is 152 g/mol. The molecule has 2 nitrogen and oxygen atoms in total. The van der Waals surface area contributed by atoms with Crippen molar-refractivity contribution in [3.8, 4) is 0 Å². The van der Waals surface area contributed by atoms with Crippen LogP contribution in [0.3, 0.4) is 0 Å². The molecule has 0 amide bonds. The molecule has 0 saturated carbocycles. The molecule has 1 unspecified atom stereocenters. The van der Waals surface area contributed by atoms with E-state index in [0.29, 0.717) is 6.61 Å². The summed E-state index contributed by atoms with van der Waals surface area (Å²) < 4.78 is 11.0. The van der Waals surface area contributed by atoms with Crippen LogP contribution in [-0.2, 0) is 9.47 Å². The van der Waals surface area contributed by atoms with Crippen molar-refractivity contribution in [1.29, 1.82) is 0 Å². The Balaban J connectivity index is 2.16. The summed E-state index contributed by atoms with van der Waals surface area (Å²) in [5.74, 6) is 1.88. The van der Waals surface area contributed by atoms with Gasteiger partial charge in [-0.1, -0.05) is 0 Å². The average Bonchev–Trinajstić information content (AvgIpc) is 2.04. The Hall–Kier alpha value is -0.920.